The highest BCUT2D eigenvalue weighted by atomic mass is 35.5. The summed E-state index contributed by atoms with van der Waals surface area (Å²) in [5.41, 5.74) is 3.69. The number of imidazole rings is 1. The first-order valence-corrected chi connectivity index (χ1v) is 8.10. The van der Waals surface area contributed by atoms with Crippen molar-refractivity contribution in [2.24, 2.45) is 0 Å². The molecule has 2 nitrogen and oxygen atoms in total. The minimum absolute atomic E-state index is 0.597. The van der Waals surface area contributed by atoms with E-state index in [2.05, 4.69) is 29.7 Å². The van der Waals surface area contributed by atoms with Gasteiger partial charge in [-0.3, -0.25) is 0 Å². The molecule has 1 aromatic heterocycles. The topological polar surface area (TPSA) is 17.8 Å². The van der Waals surface area contributed by atoms with Gasteiger partial charge in [0.25, 0.3) is 0 Å². The Kier molecular flexibility index (Phi) is 3.53. The minimum atomic E-state index is 0.597. The van der Waals surface area contributed by atoms with Crippen LogP contribution in [0.5, 0.6) is 0 Å². The lowest BCUT2D eigenvalue weighted by Gasteiger charge is -2.15. The zero-order valence-corrected chi connectivity index (χ0v) is 12.1. The Morgan fingerprint density at radius 3 is 3.11 bits per heavy atom. The van der Waals surface area contributed by atoms with Crippen molar-refractivity contribution < 1.29 is 0 Å². The molecule has 0 saturated carbocycles. The summed E-state index contributed by atoms with van der Waals surface area (Å²) in [5, 5.41) is 0. The second-order valence-corrected chi connectivity index (χ2v) is 6.32. The first kappa shape index (κ1) is 12.4. The van der Waals surface area contributed by atoms with Crippen LogP contribution in [0, 0.1) is 6.92 Å². The second-order valence-electron chi connectivity index (χ2n) is 4.80. The molecule has 1 aliphatic heterocycles. The highest BCUT2D eigenvalue weighted by molar-refractivity contribution is 7.99. The maximum Gasteiger partial charge on any atom is 0.111 e. The number of hydrogen-bond acceptors (Lipinski definition) is 2. The number of halogens is 1. The van der Waals surface area contributed by atoms with Gasteiger partial charge >= 0.3 is 0 Å². The van der Waals surface area contributed by atoms with Crippen LogP contribution in [-0.4, -0.2) is 26.9 Å². The normalized spacial score (nSPS) is 19.8. The lowest BCUT2D eigenvalue weighted by molar-refractivity contribution is 0.552. The molecular weight excluding hydrogens is 264 g/mol. The lowest BCUT2D eigenvalue weighted by Crippen LogP contribution is -2.12. The highest BCUT2D eigenvalue weighted by Crippen LogP contribution is 2.33. The van der Waals surface area contributed by atoms with Crippen LogP contribution in [-0.2, 0) is 6.42 Å². The third kappa shape index (κ3) is 2.04. The van der Waals surface area contributed by atoms with E-state index in [4.69, 9.17) is 16.6 Å². The molecule has 1 fully saturated rings. The number of aromatic nitrogens is 2. The summed E-state index contributed by atoms with van der Waals surface area (Å²) in [6.45, 7) is 2.13. The van der Waals surface area contributed by atoms with Gasteiger partial charge in [-0.25, -0.2) is 4.98 Å². The summed E-state index contributed by atoms with van der Waals surface area (Å²) >= 11 is 7.96. The fourth-order valence-corrected chi connectivity index (χ4v) is 4.06. The predicted octanol–water partition coefficient (Wildman–Crippen LogP) is 3.80. The van der Waals surface area contributed by atoms with Gasteiger partial charge in [-0.1, -0.05) is 12.1 Å². The molecule has 18 heavy (non-hydrogen) atoms. The van der Waals surface area contributed by atoms with E-state index in [0.717, 1.165) is 17.8 Å². The molecule has 2 aromatic rings. The van der Waals surface area contributed by atoms with Crippen LogP contribution in [0.2, 0.25) is 0 Å². The average Bonchev–Trinajstić information content (AvgIpc) is 2.96. The standard InChI is InChI=1S/C14H17ClN2S/c1-10-3-2-4-12-14(10)16-13(5-7-15)17(12)11-6-8-18-9-11/h2-4,11H,5-9H2,1H3. The van der Waals surface area contributed by atoms with Crippen molar-refractivity contribution in [3.8, 4) is 0 Å². The summed E-state index contributed by atoms with van der Waals surface area (Å²) in [5.74, 6) is 4.26. The van der Waals surface area contributed by atoms with Gasteiger partial charge < -0.3 is 4.57 Å². The van der Waals surface area contributed by atoms with E-state index < -0.39 is 0 Å². The Balaban J connectivity index is 2.18. The molecule has 1 unspecified atom stereocenters. The van der Waals surface area contributed by atoms with Crippen LogP contribution < -0.4 is 0 Å². The number of fused-ring (bicyclic) bond motifs is 1. The zero-order valence-electron chi connectivity index (χ0n) is 10.5. The monoisotopic (exact) mass is 280 g/mol. The van der Waals surface area contributed by atoms with E-state index >= 15 is 0 Å². The molecule has 96 valence electrons. The number of nitrogens with zero attached hydrogens (tertiary/aromatic N) is 2. The van der Waals surface area contributed by atoms with E-state index in [0.29, 0.717) is 11.9 Å². The van der Waals surface area contributed by atoms with Gasteiger partial charge in [0, 0.05) is 24.1 Å². The summed E-state index contributed by atoms with van der Waals surface area (Å²) in [7, 11) is 0. The summed E-state index contributed by atoms with van der Waals surface area (Å²) in [6.07, 6.45) is 2.11. The van der Waals surface area contributed by atoms with E-state index in [1.165, 1.54) is 29.0 Å². The largest absolute Gasteiger partial charge is 0.324 e. The SMILES string of the molecule is Cc1cccc2c1nc(CCCl)n2C1CCSC1. The number of alkyl halides is 1. The first-order chi connectivity index (χ1) is 8.81. The maximum absolute atomic E-state index is 5.92. The molecule has 0 bridgehead atoms. The number of rotatable bonds is 3. The summed E-state index contributed by atoms with van der Waals surface area (Å²) < 4.78 is 2.44. The second kappa shape index (κ2) is 5.14. The molecule has 1 aliphatic rings. The van der Waals surface area contributed by atoms with Crippen molar-refractivity contribution in [2.45, 2.75) is 25.8 Å². The molecule has 1 aromatic carbocycles. The van der Waals surface area contributed by atoms with Crippen molar-refractivity contribution in [3.63, 3.8) is 0 Å². The molecule has 0 N–H and O–H groups in total. The average molecular weight is 281 g/mol. The Morgan fingerprint density at radius 2 is 2.39 bits per heavy atom. The lowest BCUT2D eigenvalue weighted by atomic mass is 10.2. The van der Waals surface area contributed by atoms with Gasteiger partial charge in [-0.15, -0.1) is 11.6 Å². The van der Waals surface area contributed by atoms with Gasteiger partial charge in [-0.2, -0.15) is 11.8 Å². The first-order valence-electron chi connectivity index (χ1n) is 6.41. The number of hydrogen-bond donors (Lipinski definition) is 0. The number of benzene rings is 1. The number of para-hydroxylation sites is 1. The van der Waals surface area contributed by atoms with Gasteiger partial charge in [0.15, 0.2) is 0 Å². The van der Waals surface area contributed by atoms with E-state index in [-0.39, 0.29) is 0 Å². The zero-order chi connectivity index (χ0) is 12.5. The molecule has 2 heterocycles. The van der Waals surface area contributed by atoms with Gasteiger partial charge in [0.05, 0.1) is 11.0 Å². The van der Waals surface area contributed by atoms with E-state index in [1.807, 2.05) is 11.8 Å². The van der Waals surface area contributed by atoms with Gasteiger partial charge in [-0.05, 0) is 30.7 Å². The summed E-state index contributed by atoms with van der Waals surface area (Å²) in [6, 6.07) is 7.05. The van der Waals surface area contributed by atoms with Crippen molar-refractivity contribution in [2.75, 3.05) is 17.4 Å². The van der Waals surface area contributed by atoms with Crippen molar-refractivity contribution in [1.82, 2.24) is 9.55 Å². The van der Waals surface area contributed by atoms with Crippen LogP contribution in [0.15, 0.2) is 18.2 Å². The van der Waals surface area contributed by atoms with Gasteiger partial charge in [0.1, 0.15) is 5.82 Å². The highest BCUT2D eigenvalue weighted by Gasteiger charge is 2.22. The van der Waals surface area contributed by atoms with Gasteiger partial charge in [0.2, 0.25) is 0 Å². The molecule has 4 heteroatoms. The third-order valence-corrected chi connectivity index (χ3v) is 4.92. The molecule has 1 atom stereocenters. The van der Waals surface area contributed by atoms with Crippen LogP contribution in [0.4, 0.5) is 0 Å². The molecule has 0 amide bonds. The molecule has 0 aliphatic carbocycles. The Bertz CT molecular complexity index is 558. The molecule has 1 saturated heterocycles. The molecular formula is C14H17ClN2S. The Labute approximate surface area is 117 Å². The summed E-state index contributed by atoms with van der Waals surface area (Å²) in [4.78, 5) is 4.82. The van der Waals surface area contributed by atoms with Crippen LogP contribution in [0.3, 0.4) is 0 Å². The quantitative estimate of drug-likeness (QED) is 0.796. The van der Waals surface area contributed by atoms with Crippen molar-refractivity contribution >= 4 is 34.4 Å². The van der Waals surface area contributed by atoms with Crippen LogP contribution in [0.25, 0.3) is 11.0 Å². The molecule has 0 spiro atoms. The molecule has 0 radical (unpaired) electrons. The minimum Gasteiger partial charge on any atom is -0.324 e. The van der Waals surface area contributed by atoms with Crippen molar-refractivity contribution in [1.29, 1.82) is 0 Å². The fourth-order valence-electron chi connectivity index (χ4n) is 2.70. The number of thioether (sulfide) groups is 1. The number of aryl methyl sites for hydroxylation is 2. The van der Waals surface area contributed by atoms with Crippen molar-refractivity contribution in [3.05, 3.63) is 29.6 Å². The Morgan fingerprint density at radius 1 is 1.50 bits per heavy atom. The maximum atomic E-state index is 5.92. The fraction of sp³-hybridized carbons (Fsp3) is 0.500. The van der Waals surface area contributed by atoms with Crippen LogP contribution in [0.1, 0.15) is 23.9 Å². The Hall–Kier alpha value is -0.670. The predicted molar refractivity (Wildman–Crippen MR) is 79.9 cm³/mol. The van der Waals surface area contributed by atoms with Crippen LogP contribution >= 0.6 is 23.4 Å². The smallest absolute Gasteiger partial charge is 0.111 e. The third-order valence-electron chi connectivity index (χ3n) is 3.58. The van der Waals surface area contributed by atoms with E-state index in [9.17, 15) is 0 Å². The van der Waals surface area contributed by atoms with E-state index in [1.54, 1.807) is 0 Å². The molecule has 3 rings (SSSR count).